The number of ether oxygens (including phenoxy) is 1. The first-order chi connectivity index (χ1) is 12.5. The molecule has 0 saturated heterocycles. The van der Waals surface area contributed by atoms with Gasteiger partial charge in [-0.15, -0.1) is 0 Å². The summed E-state index contributed by atoms with van der Waals surface area (Å²) in [6.45, 7) is 1.65. The first-order valence-corrected chi connectivity index (χ1v) is 8.22. The van der Waals surface area contributed by atoms with E-state index in [2.05, 4.69) is 10.6 Å². The van der Waals surface area contributed by atoms with Crippen molar-refractivity contribution >= 4 is 34.8 Å². The second kappa shape index (κ2) is 7.69. The fourth-order valence-electron chi connectivity index (χ4n) is 2.71. The van der Waals surface area contributed by atoms with Crippen LogP contribution >= 0.6 is 0 Å². The average molecular weight is 353 g/mol. The van der Waals surface area contributed by atoms with Crippen molar-refractivity contribution in [3.63, 3.8) is 0 Å². The maximum Gasteiger partial charge on any atom is 0.265 e. The fourth-order valence-corrected chi connectivity index (χ4v) is 2.71. The zero-order valence-corrected chi connectivity index (χ0v) is 14.3. The number of hydrogen-bond acceptors (Lipinski definition) is 4. The molecule has 2 aromatic rings. The molecule has 7 heteroatoms. The van der Waals surface area contributed by atoms with Crippen LogP contribution in [0.3, 0.4) is 0 Å². The number of rotatable bonds is 5. The summed E-state index contributed by atoms with van der Waals surface area (Å²) in [5, 5.41) is 5.44. The molecule has 1 heterocycles. The summed E-state index contributed by atoms with van der Waals surface area (Å²) in [4.78, 5) is 37.0. The van der Waals surface area contributed by atoms with Gasteiger partial charge in [0, 0.05) is 31.3 Å². The number of nitrogens with one attached hydrogen (secondary N) is 2. The number of para-hydroxylation sites is 2. The summed E-state index contributed by atoms with van der Waals surface area (Å²) in [6.07, 6.45) is 0.143. The number of anilines is 3. The van der Waals surface area contributed by atoms with Crippen LogP contribution in [-0.4, -0.2) is 30.9 Å². The third kappa shape index (κ3) is 4.18. The van der Waals surface area contributed by atoms with Crippen molar-refractivity contribution in [2.45, 2.75) is 13.3 Å². The van der Waals surface area contributed by atoms with Gasteiger partial charge in [0.15, 0.2) is 6.61 Å². The highest BCUT2D eigenvalue weighted by Gasteiger charge is 2.25. The SMILES string of the molecule is CC(=O)Nc1cccc(NC(=O)CCN2C(=O)COc3ccccc32)c1. The van der Waals surface area contributed by atoms with Gasteiger partial charge in [0.05, 0.1) is 5.69 Å². The lowest BCUT2D eigenvalue weighted by Gasteiger charge is -2.29. The first-order valence-electron chi connectivity index (χ1n) is 8.22. The van der Waals surface area contributed by atoms with E-state index >= 15 is 0 Å². The van der Waals surface area contributed by atoms with E-state index in [0.717, 1.165) is 0 Å². The van der Waals surface area contributed by atoms with Crippen molar-refractivity contribution in [1.29, 1.82) is 0 Å². The van der Waals surface area contributed by atoms with Gasteiger partial charge < -0.3 is 20.3 Å². The van der Waals surface area contributed by atoms with Crippen LogP contribution in [-0.2, 0) is 14.4 Å². The van der Waals surface area contributed by atoms with Gasteiger partial charge in [-0.25, -0.2) is 0 Å². The first kappa shape index (κ1) is 17.5. The van der Waals surface area contributed by atoms with Crippen LogP contribution in [0.15, 0.2) is 48.5 Å². The highest BCUT2D eigenvalue weighted by atomic mass is 16.5. The highest BCUT2D eigenvalue weighted by molar-refractivity contribution is 5.99. The van der Waals surface area contributed by atoms with Gasteiger partial charge in [-0.1, -0.05) is 18.2 Å². The number of fused-ring (bicyclic) bond motifs is 1. The lowest BCUT2D eigenvalue weighted by Crippen LogP contribution is -2.40. The third-order valence-corrected chi connectivity index (χ3v) is 3.84. The molecular formula is C19H19N3O4. The zero-order chi connectivity index (χ0) is 18.5. The van der Waals surface area contributed by atoms with E-state index < -0.39 is 0 Å². The average Bonchev–Trinajstić information content (AvgIpc) is 2.60. The maximum atomic E-state index is 12.2. The molecule has 134 valence electrons. The summed E-state index contributed by atoms with van der Waals surface area (Å²) in [5.41, 5.74) is 1.85. The van der Waals surface area contributed by atoms with Gasteiger partial charge in [0.1, 0.15) is 5.75 Å². The third-order valence-electron chi connectivity index (χ3n) is 3.84. The largest absolute Gasteiger partial charge is 0.482 e. The molecule has 0 atom stereocenters. The predicted molar refractivity (Wildman–Crippen MR) is 98.3 cm³/mol. The minimum Gasteiger partial charge on any atom is -0.482 e. The molecule has 0 aliphatic carbocycles. The number of amides is 3. The number of hydrogen-bond donors (Lipinski definition) is 2. The van der Waals surface area contributed by atoms with Crippen molar-refractivity contribution in [2.24, 2.45) is 0 Å². The van der Waals surface area contributed by atoms with Crippen molar-refractivity contribution in [1.82, 2.24) is 0 Å². The second-order valence-corrected chi connectivity index (χ2v) is 5.86. The fraction of sp³-hybridized carbons (Fsp3) is 0.211. The van der Waals surface area contributed by atoms with Crippen LogP contribution in [0.2, 0.25) is 0 Å². The summed E-state index contributed by atoms with van der Waals surface area (Å²) in [6, 6.07) is 14.1. The van der Waals surface area contributed by atoms with Gasteiger partial charge in [0.25, 0.3) is 5.91 Å². The Labute approximate surface area is 150 Å². The van der Waals surface area contributed by atoms with Crippen molar-refractivity contribution in [3.8, 4) is 5.75 Å². The Morgan fingerprint density at radius 1 is 1.08 bits per heavy atom. The molecule has 3 amide bonds. The van der Waals surface area contributed by atoms with Crippen LogP contribution in [0.4, 0.5) is 17.1 Å². The quantitative estimate of drug-likeness (QED) is 0.864. The Hall–Kier alpha value is -3.35. The smallest absolute Gasteiger partial charge is 0.265 e. The Balaban J connectivity index is 1.61. The molecule has 7 nitrogen and oxygen atoms in total. The Bertz CT molecular complexity index is 850. The minimum absolute atomic E-state index is 0.0304. The van der Waals surface area contributed by atoms with E-state index in [-0.39, 0.29) is 37.3 Å². The van der Waals surface area contributed by atoms with Crippen molar-refractivity contribution in [2.75, 3.05) is 28.7 Å². The van der Waals surface area contributed by atoms with Gasteiger partial charge in [-0.3, -0.25) is 14.4 Å². The molecule has 0 aromatic heterocycles. The van der Waals surface area contributed by atoms with Crippen LogP contribution in [0.25, 0.3) is 0 Å². The van der Waals surface area contributed by atoms with E-state index in [1.165, 1.54) is 6.92 Å². The number of benzene rings is 2. The predicted octanol–water partition coefficient (Wildman–Crippen LogP) is 2.40. The molecule has 0 saturated carbocycles. The molecule has 3 rings (SSSR count). The number of carbonyl (C=O) groups excluding carboxylic acids is 3. The molecule has 0 unspecified atom stereocenters. The molecule has 0 fully saturated rings. The van der Waals surface area contributed by atoms with E-state index in [4.69, 9.17) is 4.74 Å². The highest BCUT2D eigenvalue weighted by Crippen LogP contribution is 2.31. The number of carbonyl (C=O) groups is 3. The van der Waals surface area contributed by atoms with Crippen LogP contribution in [0.1, 0.15) is 13.3 Å². The van der Waals surface area contributed by atoms with Gasteiger partial charge >= 0.3 is 0 Å². The standard InChI is InChI=1S/C19H19N3O4/c1-13(23)20-14-5-4-6-15(11-14)21-18(24)9-10-22-16-7-2-3-8-17(16)26-12-19(22)25/h2-8,11H,9-10,12H2,1H3,(H,20,23)(H,21,24). The monoisotopic (exact) mass is 353 g/mol. The van der Waals surface area contributed by atoms with Gasteiger partial charge in [-0.2, -0.15) is 0 Å². The van der Waals surface area contributed by atoms with Crippen LogP contribution in [0, 0.1) is 0 Å². The molecular weight excluding hydrogens is 334 g/mol. The topological polar surface area (TPSA) is 87.7 Å². The molecule has 0 bridgehead atoms. The van der Waals surface area contributed by atoms with Crippen molar-refractivity contribution in [3.05, 3.63) is 48.5 Å². The van der Waals surface area contributed by atoms with Gasteiger partial charge in [0.2, 0.25) is 11.8 Å². The zero-order valence-electron chi connectivity index (χ0n) is 14.3. The number of nitrogens with zero attached hydrogens (tertiary/aromatic N) is 1. The molecule has 2 aromatic carbocycles. The molecule has 1 aliphatic heterocycles. The van der Waals surface area contributed by atoms with Crippen LogP contribution in [0.5, 0.6) is 5.75 Å². The summed E-state index contributed by atoms with van der Waals surface area (Å²) in [7, 11) is 0. The Morgan fingerprint density at radius 3 is 2.58 bits per heavy atom. The normalized spacial score (nSPS) is 12.8. The Kier molecular flexibility index (Phi) is 5.17. The molecule has 1 aliphatic rings. The van der Waals surface area contributed by atoms with Crippen molar-refractivity contribution < 1.29 is 19.1 Å². The molecule has 26 heavy (non-hydrogen) atoms. The summed E-state index contributed by atoms with van der Waals surface area (Å²) < 4.78 is 5.39. The minimum atomic E-state index is -0.221. The van der Waals surface area contributed by atoms with Gasteiger partial charge in [-0.05, 0) is 30.3 Å². The second-order valence-electron chi connectivity index (χ2n) is 5.86. The maximum absolute atomic E-state index is 12.2. The lowest BCUT2D eigenvalue weighted by molar-refractivity contribution is -0.121. The molecule has 2 N–H and O–H groups in total. The summed E-state index contributed by atoms with van der Waals surface area (Å²) >= 11 is 0. The van der Waals surface area contributed by atoms with E-state index in [9.17, 15) is 14.4 Å². The van der Waals surface area contributed by atoms with E-state index in [1.807, 2.05) is 12.1 Å². The van der Waals surface area contributed by atoms with Crippen LogP contribution < -0.4 is 20.3 Å². The molecule has 0 radical (unpaired) electrons. The summed E-state index contributed by atoms with van der Waals surface area (Å²) in [5.74, 6) is 0.0550. The van der Waals surface area contributed by atoms with E-state index in [1.54, 1.807) is 41.3 Å². The Morgan fingerprint density at radius 2 is 1.81 bits per heavy atom. The van der Waals surface area contributed by atoms with E-state index in [0.29, 0.717) is 22.8 Å². The lowest BCUT2D eigenvalue weighted by atomic mass is 10.2. The molecule has 0 spiro atoms.